The third-order valence-corrected chi connectivity index (χ3v) is 3.49. The van der Waals surface area contributed by atoms with Gasteiger partial charge in [0.15, 0.2) is 0 Å². The van der Waals surface area contributed by atoms with Gasteiger partial charge in [0.1, 0.15) is 0 Å². The maximum Gasteiger partial charge on any atom is 0.319 e. The minimum absolute atomic E-state index is 0.00342. The number of anilines is 1. The first-order chi connectivity index (χ1) is 9.08. The van der Waals surface area contributed by atoms with Crippen molar-refractivity contribution in [3.8, 4) is 0 Å². The van der Waals surface area contributed by atoms with Crippen LogP contribution in [0.25, 0.3) is 0 Å². The molecule has 0 saturated carbocycles. The number of amides is 2. The van der Waals surface area contributed by atoms with Crippen LogP contribution in [0.15, 0.2) is 30.4 Å². The van der Waals surface area contributed by atoms with Crippen molar-refractivity contribution in [1.82, 2.24) is 5.32 Å². The molecule has 0 aromatic heterocycles. The van der Waals surface area contributed by atoms with Crippen molar-refractivity contribution in [2.45, 2.75) is 26.3 Å². The normalized spacial score (nSPS) is 21.4. The van der Waals surface area contributed by atoms with E-state index in [0.29, 0.717) is 0 Å². The lowest BCUT2D eigenvalue weighted by atomic mass is 10.1. The van der Waals surface area contributed by atoms with E-state index in [1.165, 1.54) is 5.56 Å². The Hall–Kier alpha value is -1.81. The highest BCUT2D eigenvalue weighted by molar-refractivity contribution is 5.89. The van der Waals surface area contributed by atoms with Gasteiger partial charge >= 0.3 is 6.03 Å². The minimum atomic E-state index is -0.212. The van der Waals surface area contributed by atoms with Gasteiger partial charge in [-0.3, -0.25) is 0 Å². The number of urea groups is 1. The fourth-order valence-electron chi connectivity index (χ4n) is 2.17. The predicted octanol–water partition coefficient (Wildman–Crippen LogP) is 2.36. The molecule has 1 aliphatic rings. The average Bonchev–Trinajstić information content (AvgIpc) is 2.81. The second-order valence-electron chi connectivity index (χ2n) is 5.07. The van der Waals surface area contributed by atoms with E-state index in [0.717, 1.165) is 17.7 Å². The molecule has 19 heavy (non-hydrogen) atoms. The fraction of sp³-hybridized carbons (Fsp3) is 0.400. The summed E-state index contributed by atoms with van der Waals surface area (Å²) in [5.41, 5.74) is 3.15. The van der Waals surface area contributed by atoms with Crippen molar-refractivity contribution in [2.75, 3.05) is 11.9 Å². The summed E-state index contributed by atoms with van der Waals surface area (Å²) in [7, 11) is 0. The van der Waals surface area contributed by atoms with Crippen LogP contribution in [0.1, 0.15) is 17.5 Å². The Morgan fingerprint density at radius 2 is 2.11 bits per heavy atom. The van der Waals surface area contributed by atoms with Gasteiger partial charge in [-0.2, -0.15) is 0 Å². The smallest absolute Gasteiger partial charge is 0.319 e. The van der Waals surface area contributed by atoms with Gasteiger partial charge in [-0.25, -0.2) is 4.79 Å². The Balaban J connectivity index is 1.88. The van der Waals surface area contributed by atoms with Crippen molar-refractivity contribution >= 4 is 11.7 Å². The molecule has 1 aliphatic carbocycles. The zero-order valence-electron chi connectivity index (χ0n) is 11.3. The van der Waals surface area contributed by atoms with Crippen LogP contribution in [-0.4, -0.2) is 23.8 Å². The molecule has 0 fully saturated rings. The lowest BCUT2D eigenvalue weighted by molar-refractivity contribution is 0.238. The summed E-state index contributed by atoms with van der Waals surface area (Å²) in [6.07, 6.45) is 4.64. The van der Waals surface area contributed by atoms with Gasteiger partial charge < -0.3 is 15.7 Å². The number of hydrogen-bond acceptors (Lipinski definition) is 2. The summed E-state index contributed by atoms with van der Waals surface area (Å²) in [6, 6.07) is 5.63. The summed E-state index contributed by atoms with van der Waals surface area (Å²) >= 11 is 0. The molecule has 2 amide bonds. The lowest BCUT2D eigenvalue weighted by Gasteiger charge is -2.14. The maximum atomic E-state index is 11.8. The van der Waals surface area contributed by atoms with E-state index in [1.54, 1.807) is 0 Å². The highest BCUT2D eigenvalue weighted by Crippen LogP contribution is 2.17. The van der Waals surface area contributed by atoms with Gasteiger partial charge in [0, 0.05) is 24.3 Å². The van der Waals surface area contributed by atoms with Crippen LogP contribution in [0, 0.1) is 19.8 Å². The first kappa shape index (κ1) is 13.6. The van der Waals surface area contributed by atoms with Gasteiger partial charge in [0.05, 0.1) is 0 Å². The van der Waals surface area contributed by atoms with E-state index < -0.39 is 0 Å². The van der Waals surface area contributed by atoms with E-state index in [-0.39, 0.29) is 24.6 Å². The molecular formula is C15H20N2O2. The van der Waals surface area contributed by atoms with Crippen LogP contribution >= 0.6 is 0 Å². The molecule has 1 aromatic rings. The third-order valence-electron chi connectivity index (χ3n) is 3.49. The average molecular weight is 260 g/mol. The molecule has 4 heteroatoms. The van der Waals surface area contributed by atoms with Crippen LogP contribution in [0.2, 0.25) is 0 Å². The highest BCUT2D eigenvalue weighted by Gasteiger charge is 2.19. The van der Waals surface area contributed by atoms with Crippen LogP contribution in [0.5, 0.6) is 0 Å². The number of carbonyl (C=O) groups is 1. The Labute approximate surface area is 113 Å². The zero-order chi connectivity index (χ0) is 13.8. The molecule has 0 aliphatic heterocycles. The van der Waals surface area contributed by atoms with Crippen LogP contribution in [-0.2, 0) is 0 Å². The second kappa shape index (κ2) is 5.89. The van der Waals surface area contributed by atoms with Gasteiger partial charge in [-0.1, -0.05) is 18.2 Å². The van der Waals surface area contributed by atoms with E-state index >= 15 is 0 Å². The van der Waals surface area contributed by atoms with Gasteiger partial charge in [-0.15, -0.1) is 0 Å². The first-order valence-electron chi connectivity index (χ1n) is 6.52. The Bertz CT molecular complexity index is 497. The van der Waals surface area contributed by atoms with Crippen molar-refractivity contribution in [1.29, 1.82) is 0 Å². The number of aliphatic hydroxyl groups excluding tert-OH is 1. The second-order valence-corrected chi connectivity index (χ2v) is 5.07. The van der Waals surface area contributed by atoms with E-state index in [1.807, 2.05) is 44.2 Å². The molecule has 0 heterocycles. The van der Waals surface area contributed by atoms with E-state index in [2.05, 4.69) is 10.6 Å². The summed E-state index contributed by atoms with van der Waals surface area (Å²) in [5.74, 6) is 0.159. The summed E-state index contributed by atoms with van der Waals surface area (Å²) < 4.78 is 0. The molecule has 0 spiro atoms. The topological polar surface area (TPSA) is 61.4 Å². The standard InChI is InChI=1S/C15H20N2O2/c1-10-3-5-13(7-11(10)2)16-15(19)17-14-6-4-12(8-14)9-18/h3-7,12,14,18H,8-9H2,1-2H3,(H2,16,17,19)/t12-,14+/m0/s1. The molecule has 0 bridgehead atoms. The van der Waals surface area contributed by atoms with Gasteiger partial charge in [0.2, 0.25) is 0 Å². The van der Waals surface area contributed by atoms with Crippen molar-refractivity contribution in [3.05, 3.63) is 41.5 Å². The molecule has 4 nitrogen and oxygen atoms in total. The Kier molecular flexibility index (Phi) is 4.22. The summed E-state index contributed by atoms with van der Waals surface area (Å²) in [4.78, 5) is 11.8. The van der Waals surface area contributed by atoms with E-state index in [9.17, 15) is 4.79 Å². The quantitative estimate of drug-likeness (QED) is 0.731. The molecule has 2 rings (SSSR count). The third kappa shape index (κ3) is 3.58. The molecular weight excluding hydrogens is 240 g/mol. The number of rotatable bonds is 3. The Morgan fingerprint density at radius 1 is 1.32 bits per heavy atom. The molecule has 0 saturated heterocycles. The SMILES string of the molecule is Cc1ccc(NC(=O)N[C@@H]2C=C[C@H](CO)C2)cc1C. The first-order valence-corrected chi connectivity index (χ1v) is 6.52. The zero-order valence-corrected chi connectivity index (χ0v) is 11.3. The number of benzene rings is 1. The van der Waals surface area contributed by atoms with Crippen LogP contribution in [0.3, 0.4) is 0 Å². The number of nitrogens with one attached hydrogen (secondary N) is 2. The van der Waals surface area contributed by atoms with Crippen LogP contribution in [0.4, 0.5) is 10.5 Å². The van der Waals surface area contributed by atoms with Crippen LogP contribution < -0.4 is 10.6 Å². The molecule has 0 unspecified atom stereocenters. The lowest BCUT2D eigenvalue weighted by Crippen LogP contribution is -2.36. The fourth-order valence-corrected chi connectivity index (χ4v) is 2.17. The Morgan fingerprint density at radius 3 is 2.74 bits per heavy atom. The van der Waals surface area contributed by atoms with Crippen molar-refractivity contribution in [3.63, 3.8) is 0 Å². The minimum Gasteiger partial charge on any atom is -0.396 e. The molecule has 1 aromatic carbocycles. The number of aryl methyl sites for hydroxylation is 2. The van der Waals surface area contributed by atoms with Gasteiger partial charge in [-0.05, 0) is 43.5 Å². The molecule has 102 valence electrons. The van der Waals surface area contributed by atoms with E-state index in [4.69, 9.17) is 5.11 Å². The molecule has 2 atom stereocenters. The maximum absolute atomic E-state index is 11.8. The summed E-state index contributed by atoms with van der Waals surface area (Å²) in [6.45, 7) is 4.19. The number of carbonyl (C=O) groups excluding carboxylic acids is 1. The largest absolute Gasteiger partial charge is 0.396 e. The highest BCUT2D eigenvalue weighted by atomic mass is 16.3. The van der Waals surface area contributed by atoms with Gasteiger partial charge in [0.25, 0.3) is 0 Å². The molecule has 3 N–H and O–H groups in total. The number of hydrogen-bond donors (Lipinski definition) is 3. The molecule has 0 radical (unpaired) electrons. The number of aliphatic hydroxyl groups is 1. The van der Waals surface area contributed by atoms with Crippen molar-refractivity contribution in [2.24, 2.45) is 5.92 Å². The monoisotopic (exact) mass is 260 g/mol. The predicted molar refractivity (Wildman–Crippen MR) is 76.2 cm³/mol. The summed E-state index contributed by atoms with van der Waals surface area (Å²) in [5, 5.41) is 14.7. The van der Waals surface area contributed by atoms with Crippen molar-refractivity contribution < 1.29 is 9.90 Å².